The van der Waals surface area contributed by atoms with Gasteiger partial charge in [-0.15, -0.1) is 0 Å². The largest absolute Gasteiger partial charge is 0.347 e. The molecule has 2 aromatic heterocycles. The zero-order valence-corrected chi connectivity index (χ0v) is 15.9. The maximum atomic E-state index is 12.5. The summed E-state index contributed by atoms with van der Waals surface area (Å²) in [5.74, 6) is -0.166. The molecule has 0 radical (unpaired) electrons. The highest BCUT2D eigenvalue weighted by Crippen LogP contribution is 2.14. The fourth-order valence-corrected chi connectivity index (χ4v) is 3.59. The van der Waals surface area contributed by atoms with Crippen molar-refractivity contribution in [2.24, 2.45) is 0 Å². The van der Waals surface area contributed by atoms with Crippen LogP contribution in [0, 0.1) is 13.8 Å². The third-order valence-corrected chi connectivity index (χ3v) is 5.04. The number of hydrogen-bond acceptors (Lipinski definition) is 4. The molecule has 3 aromatic rings. The number of benzene rings is 1. The number of amides is 1. The Morgan fingerprint density at radius 2 is 1.78 bits per heavy atom. The van der Waals surface area contributed by atoms with Gasteiger partial charge in [0.25, 0.3) is 5.91 Å². The SMILES string of the molecule is Cc1cc2nc(C(=O)NCc3ccc(CN4CCCC4)cc3)cc(C)n2n1. The lowest BCUT2D eigenvalue weighted by Crippen LogP contribution is -2.24. The Balaban J connectivity index is 1.38. The van der Waals surface area contributed by atoms with Crippen molar-refractivity contribution in [1.82, 2.24) is 24.8 Å². The van der Waals surface area contributed by atoms with E-state index in [-0.39, 0.29) is 5.91 Å². The van der Waals surface area contributed by atoms with E-state index < -0.39 is 0 Å². The number of rotatable bonds is 5. The van der Waals surface area contributed by atoms with Gasteiger partial charge in [-0.25, -0.2) is 9.50 Å². The Bertz CT molecular complexity index is 955. The Morgan fingerprint density at radius 1 is 1.07 bits per heavy atom. The van der Waals surface area contributed by atoms with Gasteiger partial charge in [-0.1, -0.05) is 24.3 Å². The van der Waals surface area contributed by atoms with Crippen molar-refractivity contribution in [3.63, 3.8) is 0 Å². The summed E-state index contributed by atoms with van der Waals surface area (Å²) in [7, 11) is 0. The molecular weight excluding hydrogens is 338 g/mol. The molecule has 0 saturated carbocycles. The van der Waals surface area contributed by atoms with Crippen molar-refractivity contribution >= 4 is 11.6 Å². The van der Waals surface area contributed by atoms with Crippen molar-refractivity contribution in [2.75, 3.05) is 13.1 Å². The molecule has 6 heteroatoms. The van der Waals surface area contributed by atoms with E-state index in [1.807, 2.05) is 19.9 Å². The molecule has 0 unspecified atom stereocenters. The number of aryl methyl sites for hydroxylation is 2. The average molecular weight is 363 g/mol. The summed E-state index contributed by atoms with van der Waals surface area (Å²) >= 11 is 0. The van der Waals surface area contributed by atoms with Crippen LogP contribution in [0.4, 0.5) is 0 Å². The molecule has 0 bridgehead atoms. The molecule has 0 aliphatic carbocycles. The molecule has 27 heavy (non-hydrogen) atoms. The van der Waals surface area contributed by atoms with Crippen LogP contribution in [-0.2, 0) is 13.1 Å². The monoisotopic (exact) mass is 363 g/mol. The van der Waals surface area contributed by atoms with Gasteiger partial charge in [-0.3, -0.25) is 9.69 Å². The minimum Gasteiger partial charge on any atom is -0.347 e. The minimum absolute atomic E-state index is 0.166. The van der Waals surface area contributed by atoms with Gasteiger partial charge < -0.3 is 5.32 Å². The zero-order chi connectivity index (χ0) is 18.8. The molecule has 1 saturated heterocycles. The first-order chi connectivity index (χ1) is 13.1. The molecule has 1 amide bonds. The smallest absolute Gasteiger partial charge is 0.270 e. The number of fused-ring (bicyclic) bond motifs is 1. The van der Waals surface area contributed by atoms with Gasteiger partial charge in [0, 0.05) is 24.8 Å². The number of nitrogens with zero attached hydrogens (tertiary/aromatic N) is 4. The average Bonchev–Trinajstić information content (AvgIpc) is 3.30. The quantitative estimate of drug-likeness (QED) is 0.757. The van der Waals surface area contributed by atoms with Crippen LogP contribution in [0.25, 0.3) is 5.65 Å². The maximum absolute atomic E-state index is 12.5. The number of carbonyl (C=O) groups is 1. The highest BCUT2D eigenvalue weighted by Gasteiger charge is 2.13. The summed E-state index contributed by atoms with van der Waals surface area (Å²) in [6, 6.07) is 12.1. The molecule has 4 rings (SSSR count). The van der Waals surface area contributed by atoms with Crippen LogP contribution in [0.15, 0.2) is 36.4 Å². The van der Waals surface area contributed by atoms with Crippen LogP contribution in [0.5, 0.6) is 0 Å². The van der Waals surface area contributed by atoms with Crippen molar-refractivity contribution in [1.29, 1.82) is 0 Å². The second kappa shape index (κ2) is 7.48. The van der Waals surface area contributed by atoms with Crippen LogP contribution in [0.2, 0.25) is 0 Å². The third kappa shape index (κ3) is 4.01. The standard InChI is InChI=1S/C21H25N5O/c1-15-11-20-23-19(12-16(2)26(20)24-15)21(27)22-13-17-5-7-18(8-6-17)14-25-9-3-4-10-25/h5-8,11-12H,3-4,9-10,13-14H2,1-2H3,(H,22,27). The van der Waals surface area contributed by atoms with Gasteiger partial charge in [0.15, 0.2) is 5.65 Å². The van der Waals surface area contributed by atoms with Crippen LogP contribution >= 0.6 is 0 Å². The number of hydrogen-bond donors (Lipinski definition) is 1. The van der Waals surface area contributed by atoms with Crippen molar-refractivity contribution in [3.8, 4) is 0 Å². The van der Waals surface area contributed by atoms with Crippen molar-refractivity contribution in [3.05, 3.63) is 64.6 Å². The molecule has 1 aliphatic rings. The second-order valence-corrected chi connectivity index (χ2v) is 7.32. The maximum Gasteiger partial charge on any atom is 0.270 e. The molecule has 1 fully saturated rings. The van der Waals surface area contributed by atoms with Gasteiger partial charge >= 0.3 is 0 Å². The summed E-state index contributed by atoms with van der Waals surface area (Å²) in [5.41, 5.74) is 5.31. The normalized spacial score (nSPS) is 14.7. The van der Waals surface area contributed by atoms with E-state index in [4.69, 9.17) is 0 Å². The Kier molecular flexibility index (Phi) is 4.90. The molecule has 1 N–H and O–H groups in total. The van der Waals surface area contributed by atoms with Crippen molar-refractivity contribution < 1.29 is 4.79 Å². The van der Waals surface area contributed by atoms with E-state index in [2.05, 4.69) is 44.6 Å². The fraction of sp³-hybridized carbons (Fsp3) is 0.381. The second-order valence-electron chi connectivity index (χ2n) is 7.32. The van der Waals surface area contributed by atoms with Crippen LogP contribution in [-0.4, -0.2) is 38.5 Å². The zero-order valence-electron chi connectivity index (χ0n) is 15.9. The van der Waals surface area contributed by atoms with E-state index in [1.165, 1.54) is 31.5 Å². The predicted molar refractivity (Wildman–Crippen MR) is 105 cm³/mol. The molecular formula is C21H25N5O. The fourth-order valence-electron chi connectivity index (χ4n) is 3.59. The first-order valence-electron chi connectivity index (χ1n) is 9.51. The molecule has 1 aliphatic heterocycles. The highest BCUT2D eigenvalue weighted by molar-refractivity contribution is 5.92. The number of nitrogens with one attached hydrogen (secondary N) is 1. The molecule has 6 nitrogen and oxygen atoms in total. The van der Waals surface area contributed by atoms with Crippen LogP contribution in [0.1, 0.15) is 45.8 Å². The van der Waals surface area contributed by atoms with Gasteiger partial charge in [-0.2, -0.15) is 5.10 Å². The summed E-state index contributed by atoms with van der Waals surface area (Å²) in [5, 5.41) is 7.34. The minimum atomic E-state index is -0.166. The molecule has 0 spiro atoms. The highest BCUT2D eigenvalue weighted by atomic mass is 16.1. The molecule has 140 valence electrons. The summed E-state index contributed by atoms with van der Waals surface area (Å²) in [6.45, 7) is 7.75. The number of carbonyl (C=O) groups excluding carboxylic acids is 1. The molecule has 1 aromatic carbocycles. The predicted octanol–water partition coefficient (Wildman–Crippen LogP) is 2.87. The van der Waals surface area contributed by atoms with Crippen LogP contribution in [0.3, 0.4) is 0 Å². The Morgan fingerprint density at radius 3 is 2.52 bits per heavy atom. The van der Waals surface area contributed by atoms with E-state index in [9.17, 15) is 4.79 Å². The van der Waals surface area contributed by atoms with Crippen LogP contribution < -0.4 is 5.32 Å². The van der Waals surface area contributed by atoms with E-state index in [0.717, 1.165) is 23.5 Å². The number of likely N-dealkylation sites (tertiary alicyclic amines) is 1. The Hall–Kier alpha value is -2.73. The lowest BCUT2D eigenvalue weighted by Gasteiger charge is -2.14. The van der Waals surface area contributed by atoms with Crippen molar-refractivity contribution in [2.45, 2.75) is 39.8 Å². The topological polar surface area (TPSA) is 62.5 Å². The molecule has 0 atom stereocenters. The van der Waals surface area contributed by atoms with E-state index >= 15 is 0 Å². The third-order valence-electron chi connectivity index (χ3n) is 5.04. The Labute approximate surface area is 159 Å². The number of aromatic nitrogens is 3. The van der Waals surface area contributed by atoms with Gasteiger partial charge in [-0.05, 0) is 57.0 Å². The summed E-state index contributed by atoms with van der Waals surface area (Å²) in [4.78, 5) is 19.4. The van der Waals surface area contributed by atoms with E-state index in [1.54, 1.807) is 10.6 Å². The lowest BCUT2D eigenvalue weighted by molar-refractivity contribution is 0.0946. The van der Waals surface area contributed by atoms with Gasteiger partial charge in [0.05, 0.1) is 5.69 Å². The first-order valence-corrected chi connectivity index (χ1v) is 9.51. The van der Waals surface area contributed by atoms with E-state index in [0.29, 0.717) is 17.9 Å². The molecule has 3 heterocycles. The van der Waals surface area contributed by atoms with Gasteiger partial charge in [0.1, 0.15) is 5.69 Å². The first kappa shape index (κ1) is 17.7. The van der Waals surface area contributed by atoms with Gasteiger partial charge in [0.2, 0.25) is 0 Å². The summed E-state index contributed by atoms with van der Waals surface area (Å²) < 4.78 is 1.76. The summed E-state index contributed by atoms with van der Waals surface area (Å²) in [6.07, 6.45) is 2.62. The lowest BCUT2D eigenvalue weighted by atomic mass is 10.1.